The average Bonchev–Trinajstić information content (AvgIpc) is 3.56. The summed E-state index contributed by atoms with van der Waals surface area (Å²) >= 11 is 0. The molecule has 4 unspecified atom stereocenters. The van der Waals surface area contributed by atoms with E-state index in [1.54, 1.807) is 48.5 Å². The number of carbonyl (C=O) groups excluding carboxylic acids is 2. The van der Waals surface area contributed by atoms with Crippen LogP contribution in [-0.2, 0) is 18.9 Å². The van der Waals surface area contributed by atoms with Crippen LogP contribution in [0.15, 0.2) is 48.5 Å². The molecule has 0 radical (unpaired) electrons. The number of fused-ring (bicyclic) bond motifs is 1. The zero-order valence-corrected chi connectivity index (χ0v) is 23.7. The first-order chi connectivity index (χ1) is 19.6. The van der Waals surface area contributed by atoms with Gasteiger partial charge in [0.15, 0.2) is 12.2 Å². The number of unbranched alkanes of at least 4 members (excludes halogenated alkanes) is 6. The fourth-order valence-corrected chi connectivity index (χ4v) is 4.85. The molecule has 40 heavy (non-hydrogen) atoms. The maximum Gasteiger partial charge on any atom is 0.338 e. The van der Waals surface area contributed by atoms with E-state index in [9.17, 15) is 9.59 Å². The lowest BCUT2D eigenvalue weighted by Crippen LogP contribution is -2.36. The highest BCUT2D eigenvalue weighted by Crippen LogP contribution is 2.31. The van der Waals surface area contributed by atoms with Crippen molar-refractivity contribution in [2.75, 3.05) is 26.4 Å². The minimum Gasteiger partial charge on any atom is -0.494 e. The molecule has 0 amide bonds. The van der Waals surface area contributed by atoms with Crippen LogP contribution < -0.4 is 9.47 Å². The number of ether oxygens (including phenoxy) is 6. The van der Waals surface area contributed by atoms with Crippen LogP contribution in [0.2, 0.25) is 0 Å². The summed E-state index contributed by atoms with van der Waals surface area (Å²) in [7, 11) is 0. The second-order valence-corrected chi connectivity index (χ2v) is 10.4. The van der Waals surface area contributed by atoms with Crippen LogP contribution in [0.5, 0.6) is 11.5 Å². The van der Waals surface area contributed by atoms with E-state index in [1.807, 2.05) is 0 Å². The molecule has 2 aliphatic heterocycles. The summed E-state index contributed by atoms with van der Waals surface area (Å²) in [6, 6.07) is 13.9. The Morgan fingerprint density at radius 2 is 1.02 bits per heavy atom. The average molecular weight is 555 g/mol. The van der Waals surface area contributed by atoms with Crippen molar-refractivity contribution in [3.8, 4) is 11.5 Å². The quantitative estimate of drug-likeness (QED) is 0.180. The van der Waals surface area contributed by atoms with E-state index in [4.69, 9.17) is 28.4 Å². The normalized spacial score (nSPS) is 21.6. The van der Waals surface area contributed by atoms with E-state index in [-0.39, 0.29) is 13.2 Å². The van der Waals surface area contributed by atoms with Crippen molar-refractivity contribution in [3.63, 3.8) is 0 Å². The number of esters is 2. The van der Waals surface area contributed by atoms with Crippen molar-refractivity contribution in [2.45, 2.75) is 89.6 Å². The van der Waals surface area contributed by atoms with Crippen molar-refractivity contribution in [3.05, 3.63) is 59.7 Å². The molecule has 4 atom stereocenters. The van der Waals surface area contributed by atoms with Crippen molar-refractivity contribution in [1.29, 1.82) is 0 Å². The predicted molar refractivity (Wildman–Crippen MR) is 150 cm³/mol. The summed E-state index contributed by atoms with van der Waals surface area (Å²) in [5.74, 6) is 0.539. The summed E-state index contributed by atoms with van der Waals surface area (Å²) in [5, 5.41) is 0. The van der Waals surface area contributed by atoms with Crippen molar-refractivity contribution < 1.29 is 38.0 Å². The van der Waals surface area contributed by atoms with Gasteiger partial charge in [-0.1, -0.05) is 52.4 Å². The van der Waals surface area contributed by atoms with Gasteiger partial charge in [-0.05, 0) is 61.4 Å². The second kappa shape index (κ2) is 15.6. The number of benzene rings is 2. The Kier molecular flexibility index (Phi) is 11.7. The van der Waals surface area contributed by atoms with Gasteiger partial charge in [-0.15, -0.1) is 0 Å². The van der Waals surface area contributed by atoms with Crippen molar-refractivity contribution in [1.82, 2.24) is 0 Å². The zero-order chi connectivity index (χ0) is 28.2. The lowest BCUT2D eigenvalue weighted by molar-refractivity contribution is -0.0287. The molecule has 2 aromatic rings. The van der Waals surface area contributed by atoms with Crippen LogP contribution in [0.3, 0.4) is 0 Å². The summed E-state index contributed by atoms with van der Waals surface area (Å²) in [4.78, 5) is 25.5. The van der Waals surface area contributed by atoms with E-state index < -0.39 is 36.4 Å². The second-order valence-electron chi connectivity index (χ2n) is 10.4. The van der Waals surface area contributed by atoms with Gasteiger partial charge in [0, 0.05) is 0 Å². The molecular weight excluding hydrogens is 512 g/mol. The molecule has 2 aromatic carbocycles. The van der Waals surface area contributed by atoms with E-state index in [0.717, 1.165) is 37.2 Å². The minimum absolute atomic E-state index is 0.179. The van der Waals surface area contributed by atoms with Gasteiger partial charge in [-0.3, -0.25) is 0 Å². The Balaban J connectivity index is 1.20. The first-order valence-electron chi connectivity index (χ1n) is 14.7. The standard InChI is InChI=1S/C32H42O8/c1-3-5-7-9-19-35-25-15-11-23(12-16-25)31(33)39-27-21-37-30-28(22-38-29(27)30)40-32(34)24-13-17-26(18-14-24)36-20-10-8-6-4-2/h11-18,27-30H,3-10,19-22H2,1-2H3. The third-order valence-electron chi connectivity index (χ3n) is 7.19. The van der Waals surface area contributed by atoms with Gasteiger partial charge in [-0.25, -0.2) is 9.59 Å². The Morgan fingerprint density at radius 1 is 0.625 bits per heavy atom. The number of rotatable bonds is 16. The van der Waals surface area contributed by atoms with Crippen molar-refractivity contribution >= 4 is 11.9 Å². The highest BCUT2D eigenvalue weighted by atomic mass is 16.7. The van der Waals surface area contributed by atoms with Crippen LogP contribution in [0.25, 0.3) is 0 Å². The van der Waals surface area contributed by atoms with Gasteiger partial charge in [0.1, 0.15) is 23.7 Å². The van der Waals surface area contributed by atoms with E-state index >= 15 is 0 Å². The maximum atomic E-state index is 12.7. The molecular formula is C32H42O8. The largest absolute Gasteiger partial charge is 0.494 e. The molecule has 0 N–H and O–H groups in total. The summed E-state index contributed by atoms with van der Waals surface area (Å²) < 4.78 is 34.6. The summed E-state index contributed by atoms with van der Waals surface area (Å²) in [6.45, 7) is 6.03. The van der Waals surface area contributed by atoms with E-state index in [1.165, 1.54) is 25.7 Å². The van der Waals surface area contributed by atoms with E-state index in [2.05, 4.69) is 13.8 Å². The Morgan fingerprint density at radius 3 is 1.40 bits per heavy atom. The molecule has 0 aromatic heterocycles. The number of hydrogen-bond donors (Lipinski definition) is 0. The third-order valence-corrected chi connectivity index (χ3v) is 7.19. The molecule has 2 fully saturated rings. The highest BCUT2D eigenvalue weighted by Gasteiger charge is 2.51. The third kappa shape index (κ3) is 8.45. The molecule has 2 aliphatic rings. The van der Waals surface area contributed by atoms with Crippen LogP contribution in [-0.4, -0.2) is 62.8 Å². The van der Waals surface area contributed by atoms with Crippen LogP contribution >= 0.6 is 0 Å². The summed E-state index contributed by atoms with van der Waals surface area (Å²) in [6.07, 6.45) is 6.97. The topological polar surface area (TPSA) is 89.5 Å². The number of hydrogen-bond acceptors (Lipinski definition) is 8. The monoisotopic (exact) mass is 554 g/mol. The molecule has 8 nitrogen and oxygen atoms in total. The number of carbonyl (C=O) groups is 2. The lowest BCUT2D eigenvalue weighted by Gasteiger charge is -2.17. The van der Waals surface area contributed by atoms with Gasteiger partial charge < -0.3 is 28.4 Å². The maximum absolute atomic E-state index is 12.7. The molecule has 218 valence electrons. The molecule has 0 aliphatic carbocycles. The molecule has 4 rings (SSSR count). The highest BCUT2D eigenvalue weighted by molar-refractivity contribution is 5.90. The lowest BCUT2D eigenvalue weighted by atomic mass is 10.1. The van der Waals surface area contributed by atoms with Gasteiger partial charge in [-0.2, -0.15) is 0 Å². The SMILES string of the molecule is CCCCCCOc1ccc(C(=O)OC2COC3C(OC(=O)c4ccc(OCCCCCC)cc4)COC23)cc1. The smallest absolute Gasteiger partial charge is 0.338 e. The Labute approximate surface area is 237 Å². The first kappa shape index (κ1) is 29.9. The molecule has 2 heterocycles. The van der Waals surface area contributed by atoms with Gasteiger partial charge in [0.05, 0.1) is 37.6 Å². The zero-order valence-electron chi connectivity index (χ0n) is 23.7. The fourth-order valence-electron chi connectivity index (χ4n) is 4.85. The predicted octanol–water partition coefficient (Wildman–Crippen LogP) is 6.15. The Hall–Kier alpha value is -3.10. The van der Waals surface area contributed by atoms with Gasteiger partial charge >= 0.3 is 11.9 Å². The first-order valence-corrected chi connectivity index (χ1v) is 14.7. The van der Waals surface area contributed by atoms with Gasteiger partial charge in [0.25, 0.3) is 0 Å². The Bertz CT molecular complexity index is 966. The molecule has 0 saturated carbocycles. The van der Waals surface area contributed by atoms with Crippen molar-refractivity contribution in [2.24, 2.45) is 0 Å². The van der Waals surface area contributed by atoms with Gasteiger partial charge in [0.2, 0.25) is 0 Å². The van der Waals surface area contributed by atoms with E-state index in [0.29, 0.717) is 24.3 Å². The fraction of sp³-hybridized carbons (Fsp3) is 0.562. The molecule has 2 saturated heterocycles. The molecule has 8 heteroatoms. The van der Waals surface area contributed by atoms with Crippen LogP contribution in [0.4, 0.5) is 0 Å². The van der Waals surface area contributed by atoms with Crippen LogP contribution in [0, 0.1) is 0 Å². The molecule has 0 bridgehead atoms. The minimum atomic E-state index is -0.579. The summed E-state index contributed by atoms with van der Waals surface area (Å²) in [5.41, 5.74) is 0.854. The molecule has 0 spiro atoms. The van der Waals surface area contributed by atoms with Crippen LogP contribution in [0.1, 0.15) is 85.9 Å².